The van der Waals surface area contributed by atoms with Crippen LogP contribution in [0.4, 0.5) is 0 Å². The number of fused-ring (bicyclic) bond motifs is 5. The van der Waals surface area contributed by atoms with Gasteiger partial charge in [0.1, 0.15) is 0 Å². The molecule has 1 aliphatic heterocycles. The van der Waals surface area contributed by atoms with E-state index in [1.165, 1.54) is 0 Å². The van der Waals surface area contributed by atoms with E-state index in [1.54, 1.807) is 12.1 Å². The Labute approximate surface area is 138 Å². The summed E-state index contributed by atoms with van der Waals surface area (Å²) in [7, 11) is 0. The molecular formula is C19H16N2O3. The highest BCUT2D eigenvalue weighted by molar-refractivity contribution is 5.95. The van der Waals surface area contributed by atoms with Crippen molar-refractivity contribution in [2.24, 2.45) is 0 Å². The number of aryl methyl sites for hydroxylation is 1. The van der Waals surface area contributed by atoms with E-state index < -0.39 is 5.97 Å². The molecule has 4 rings (SSSR count). The molecule has 0 atom stereocenters. The average molecular weight is 320 g/mol. The topological polar surface area (TPSA) is 71.3 Å². The molecule has 0 saturated carbocycles. The molecule has 5 heteroatoms. The van der Waals surface area contributed by atoms with Gasteiger partial charge in [-0.3, -0.25) is 4.79 Å². The van der Waals surface area contributed by atoms with E-state index >= 15 is 0 Å². The number of hydrogen-bond acceptors (Lipinski definition) is 2. The van der Waals surface area contributed by atoms with E-state index in [0.29, 0.717) is 19.5 Å². The Balaban J connectivity index is 2.00. The second kappa shape index (κ2) is 5.53. The Morgan fingerprint density at radius 2 is 1.96 bits per heavy atom. The minimum Gasteiger partial charge on any atom is -0.478 e. The van der Waals surface area contributed by atoms with Crippen molar-refractivity contribution in [3.8, 4) is 11.3 Å². The third kappa shape index (κ3) is 2.34. The first-order chi connectivity index (χ1) is 11.6. The van der Waals surface area contributed by atoms with E-state index in [1.807, 2.05) is 34.9 Å². The molecule has 5 nitrogen and oxygen atoms in total. The highest BCUT2D eigenvalue weighted by Gasteiger charge is 2.18. The zero-order valence-electron chi connectivity index (χ0n) is 13.0. The number of carboxylic acids is 1. The van der Waals surface area contributed by atoms with Crippen molar-refractivity contribution >= 4 is 22.8 Å². The lowest BCUT2D eigenvalue weighted by Gasteiger charge is -2.11. The summed E-state index contributed by atoms with van der Waals surface area (Å²) in [5, 5.41) is 13.2. The lowest BCUT2D eigenvalue weighted by atomic mass is 10.0. The molecule has 120 valence electrons. The molecule has 1 amide bonds. The van der Waals surface area contributed by atoms with Crippen LogP contribution in [0.1, 0.15) is 22.3 Å². The molecule has 2 heterocycles. The molecule has 0 fully saturated rings. The molecule has 1 aromatic heterocycles. The monoisotopic (exact) mass is 320 g/mol. The van der Waals surface area contributed by atoms with E-state index in [0.717, 1.165) is 27.7 Å². The second-order valence-corrected chi connectivity index (χ2v) is 5.94. The number of carbonyl (C=O) groups excluding carboxylic acids is 1. The lowest BCUT2D eigenvalue weighted by Crippen LogP contribution is -2.23. The van der Waals surface area contributed by atoms with Gasteiger partial charge in [0.2, 0.25) is 5.91 Å². The van der Waals surface area contributed by atoms with Gasteiger partial charge in [-0.1, -0.05) is 30.3 Å². The van der Waals surface area contributed by atoms with Crippen molar-refractivity contribution in [3.05, 3.63) is 59.7 Å². The quantitative estimate of drug-likeness (QED) is 0.724. The predicted molar refractivity (Wildman–Crippen MR) is 90.8 cm³/mol. The highest BCUT2D eigenvalue weighted by Crippen LogP contribution is 2.32. The summed E-state index contributed by atoms with van der Waals surface area (Å²) in [4.78, 5) is 23.3. The SMILES string of the molecule is O=C1CCn2c(cc3ccc(C(=O)O)cc32)-c2ccccc2CN1. The summed E-state index contributed by atoms with van der Waals surface area (Å²) in [6.45, 7) is 1.01. The fraction of sp³-hybridized carbons (Fsp3) is 0.158. The van der Waals surface area contributed by atoms with Crippen LogP contribution in [-0.2, 0) is 17.9 Å². The van der Waals surface area contributed by atoms with Crippen molar-refractivity contribution in [3.63, 3.8) is 0 Å². The van der Waals surface area contributed by atoms with E-state index in [4.69, 9.17) is 0 Å². The summed E-state index contributed by atoms with van der Waals surface area (Å²) >= 11 is 0. The number of carbonyl (C=O) groups is 2. The molecule has 0 spiro atoms. The third-order valence-electron chi connectivity index (χ3n) is 4.48. The van der Waals surface area contributed by atoms with Gasteiger partial charge in [0.05, 0.1) is 5.56 Å². The number of aromatic nitrogens is 1. The number of hydrogen-bond donors (Lipinski definition) is 2. The number of nitrogens with zero attached hydrogens (tertiary/aromatic N) is 1. The molecule has 0 bridgehead atoms. The van der Waals surface area contributed by atoms with Crippen LogP contribution in [0.25, 0.3) is 22.2 Å². The maximum Gasteiger partial charge on any atom is 0.335 e. The van der Waals surface area contributed by atoms with Crippen molar-refractivity contribution in [1.29, 1.82) is 0 Å². The van der Waals surface area contributed by atoms with Crippen LogP contribution < -0.4 is 5.32 Å². The second-order valence-electron chi connectivity index (χ2n) is 5.94. The summed E-state index contributed by atoms with van der Waals surface area (Å²) in [6.07, 6.45) is 0.363. The summed E-state index contributed by atoms with van der Waals surface area (Å²) in [5.41, 5.74) is 4.22. The minimum atomic E-state index is -0.950. The minimum absolute atomic E-state index is 0.00566. The maximum atomic E-state index is 12.0. The Morgan fingerprint density at radius 3 is 2.79 bits per heavy atom. The fourth-order valence-electron chi connectivity index (χ4n) is 3.27. The predicted octanol–water partition coefficient (Wildman–Crippen LogP) is 3.03. The zero-order chi connectivity index (χ0) is 16.7. The summed E-state index contributed by atoms with van der Waals surface area (Å²) < 4.78 is 2.05. The third-order valence-corrected chi connectivity index (χ3v) is 4.48. The lowest BCUT2D eigenvalue weighted by molar-refractivity contribution is -0.121. The number of nitrogens with one attached hydrogen (secondary N) is 1. The Kier molecular flexibility index (Phi) is 3.34. The molecule has 0 unspecified atom stereocenters. The Bertz CT molecular complexity index is 972. The zero-order valence-corrected chi connectivity index (χ0v) is 13.0. The smallest absolute Gasteiger partial charge is 0.335 e. The van der Waals surface area contributed by atoms with Gasteiger partial charge < -0.3 is 15.0 Å². The molecule has 0 aliphatic carbocycles. The van der Waals surface area contributed by atoms with Crippen LogP contribution in [0, 0.1) is 0 Å². The van der Waals surface area contributed by atoms with Gasteiger partial charge in [-0.25, -0.2) is 4.79 Å². The van der Waals surface area contributed by atoms with Gasteiger partial charge in [-0.15, -0.1) is 0 Å². The van der Waals surface area contributed by atoms with Gasteiger partial charge in [0.25, 0.3) is 0 Å². The molecule has 3 aromatic rings. The van der Waals surface area contributed by atoms with Crippen molar-refractivity contribution in [1.82, 2.24) is 9.88 Å². The van der Waals surface area contributed by atoms with Crippen LogP contribution in [0.2, 0.25) is 0 Å². The van der Waals surface area contributed by atoms with Crippen LogP contribution >= 0.6 is 0 Å². The standard InChI is InChI=1S/C19H16N2O3/c22-18-7-8-21-16-10-13(19(23)24)6-5-12(16)9-17(21)15-4-2-1-3-14(15)11-20-18/h1-6,9-10H,7-8,11H2,(H,20,22)(H,23,24). The van der Waals surface area contributed by atoms with Crippen molar-refractivity contribution in [2.45, 2.75) is 19.5 Å². The van der Waals surface area contributed by atoms with E-state index in [-0.39, 0.29) is 11.5 Å². The van der Waals surface area contributed by atoms with Crippen LogP contribution in [0.3, 0.4) is 0 Å². The van der Waals surface area contributed by atoms with E-state index in [9.17, 15) is 14.7 Å². The van der Waals surface area contributed by atoms with Gasteiger partial charge in [0, 0.05) is 41.7 Å². The first-order valence-electron chi connectivity index (χ1n) is 7.85. The van der Waals surface area contributed by atoms with Gasteiger partial charge in [0.15, 0.2) is 0 Å². The fourth-order valence-corrected chi connectivity index (χ4v) is 3.27. The molecule has 2 N–H and O–H groups in total. The number of benzene rings is 2. The number of carboxylic acid groups (broad SMARTS) is 1. The molecule has 1 aliphatic rings. The normalized spacial score (nSPS) is 14.1. The molecule has 2 aromatic carbocycles. The van der Waals surface area contributed by atoms with Crippen LogP contribution in [0.5, 0.6) is 0 Å². The largest absolute Gasteiger partial charge is 0.478 e. The Hall–Kier alpha value is -3.08. The number of rotatable bonds is 1. The summed E-state index contributed by atoms with van der Waals surface area (Å²) in [6, 6.07) is 15.2. The maximum absolute atomic E-state index is 12.0. The molecule has 24 heavy (non-hydrogen) atoms. The molecular weight excluding hydrogens is 304 g/mol. The molecule has 0 radical (unpaired) electrons. The van der Waals surface area contributed by atoms with Gasteiger partial charge in [-0.2, -0.15) is 0 Å². The first-order valence-corrected chi connectivity index (χ1v) is 7.85. The average Bonchev–Trinajstić information content (AvgIpc) is 2.97. The number of aromatic carboxylic acids is 1. The van der Waals surface area contributed by atoms with E-state index in [2.05, 4.69) is 11.4 Å². The number of amides is 1. The Morgan fingerprint density at radius 1 is 1.12 bits per heavy atom. The highest BCUT2D eigenvalue weighted by atomic mass is 16.4. The van der Waals surface area contributed by atoms with Crippen LogP contribution in [0.15, 0.2) is 48.5 Å². The molecule has 0 saturated heterocycles. The summed E-state index contributed by atoms with van der Waals surface area (Å²) in [5.74, 6) is -0.956. The first kappa shape index (κ1) is 14.5. The van der Waals surface area contributed by atoms with Crippen molar-refractivity contribution in [2.75, 3.05) is 0 Å². The van der Waals surface area contributed by atoms with Crippen LogP contribution in [-0.4, -0.2) is 21.6 Å². The van der Waals surface area contributed by atoms with Crippen molar-refractivity contribution < 1.29 is 14.7 Å². The van der Waals surface area contributed by atoms with Gasteiger partial charge >= 0.3 is 5.97 Å². The van der Waals surface area contributed by atoms with Gasteiger partial charge in [-0.05, 0) is 23.8 Å².